The van der Waals surface area contributed by atoms with Gasteiger partial charge in [0.05, 0.1) is 35.6 Å². The smallest absolute Gasteiger partial charge is 0.0622 e. The van der Waals surface area contributed by atoms with Gasteiger partial charge in [-0.15, -0.1) is 0 Å². The van der Waals surface area contributed by atoms with Crippen LogP contribution >= 0.6 is 0 Å². The third-order valence-electron chi connectivity index (χ3n) is 6.38. The Kier molecular flexibility index (Phi) is 1.99. The second-order valence-electron chi connectivity index (χ2n) is 8.50. The molecule has 0 aliphatic carbocycles. The fraction of sp³-hybridized carbons (Fsp3) is 0. The molecular weight excluding hydrogens is 480 g/mol. The van der Waals surface area contributed by atoms with E-state index in [-0.39, 0.29) is 0 Å². The summed E-state index contributed by atoms with van der Waals surface area (Å²) < 4.78 is 232. The van der Waals surface area contributed by atoms with Gasteiger partial charge in [0.25, 0.3) is 0 Å². The van der Waals surface area contributed by atoms with E-state index in [1.807, 2.05) is 0 Å². The number of fused-ring (bicyclic) bond motifs is 5. The van der Waals surface area contributed by atoms with Crippen molar-refractivity contribution in [3.8, 4) is 33.4 Å². The second-order valence-corrected chi connectivity index (χ2v) is 8.50. The lowest BCUT2D eigenvalue weighted by atomic mass is 9.83. The highest BCUT2D eigenvalue weighted by Gasteiger charge is 2.19. The largest absolute Gasteiger partial charge is 0.0636 e. The van der Waals surface area contributed by atoms with Crippen LogP contribution in [0.5, 0.6) is 0 Å². The lowest BCUT2D eigenvalue weighted by Crippen LogP contribution is -1.93. The average Bonchev–Trinajstić information content (AvgIpc) is 3.29. The summed E-state index contributed by atoms with van der Waals surface area (Å²) in [5.74, 6) is 0. The minimum atomic E-state index is -1.07. The van der Waals surface area contributed by atoms with Crippen LogP contribution in [0.1, 0.15) is 35.6 Å². The minimum Gasteiger partial charge on any atom is -0.0622 e. The Hall–Kier alpha value is -5.20. The van der Waals surface area contributed by atoms with Gasteiger partial charge < -0.3 is 0 Å². The molecule has 0 radical (unpaired) electrons. The predicted molar refractivity (Wildman–Crippen MR) is 173 cm³/mol. The highest BCUT2D eigenvalue weighted by Crippen LogP contribution is 2.47. The van der Waals surface area contributed by atoms with Crippen LogP contribution in [-0.2, 0) is 0 Å². The standard InChI is InChI=1S/C40H26/c1-3-13-27(14-4-1)29-23-24-36-38(25-29)40(35-22-12-11-21-34(35)39(36)28-15-5-2-6-16-28)37-26-30-17-7-8-18-31(30)32-19-9-10-20-33(32)37/h1-26H/i1D,2D,3D,4D,5D,6D,7D,8D,9D,10D,11D,12D,13D,14D,15D,16D,17D,18D,19D,20D,21D,22D,23D,24D,25D,26D. The maximum Gasteiger partial charge on any atom is 0.0636 e. The molecule has 0 fully saturated rings. The molecule has 0 N–H and O–H groups in total. The van der Waals surface area contributed by atoms with Gasteiger partial charge in [-0.3, -0.25) is 0 Å². The molecule has 0 nitrogen and oxygen atoms in total. The van der Waals surface area contributed by atoms with Crippen LogP contribution < -0.4 is 0 Å². The Morgan fingerprint density at radius 3 is 1.55 bits per heavy atom. The van der Waals surface area contributed by atoms with Gasteiger partial charge in [-0.1, -0.05) is 145 Å². The van der Waals surface area contributed by atoms with Crippen molar-refractivity contribution in [3.63, 3.8) is 0 Å². The van der Waals surface area contributed by atoms with Crippen LogP contribution in [0.4, 0.5) is 0 Å². The maximum absolute atomic E-state index is 9.96. The monoisotopic (exact) mass is 532 g/mol. The van der Waals surface area contributed by atoms with Crippen molar-refractivity contribution in [2.75, 3.05) is 0 Å². The van der Waals surface area contributed by atoms with Crippen molar-refractivity contribution in [3.05, 3.63) is 157 Å². The lowest BCUT2D eigenvalue weighted by molar-refractivity contribution is 1.63. The minimum absolute atomic E-state index is 0.566. The Morgan fingerprint density at radius 1 is 0.300 bits per heavy atom. The predicted octanol–water partition coefficient (Wildman–Crippen LogP) is 11.3. The van der Waals surface area contributed by atoms with Crippen molar-refractivity contribution >= 4 is 43.1 Å². The summed E-state index contributed by atoms with van der Waals surface area (Å²) >= 11 is 0. The summed E-state index contributed by atoms with van der Waals surface area (Å²) in [6, 6.07) is -24.9. The molecule has 0 saturated carbocycles. The van der Waals surface area contributed by atoms with Gasteiger partial charge in [0.15, 0.2) is 0 Å². The number of hydrogen-bond acceptors (Lipinski definition) is 0. The molecule has 0 aliphatic rings. The van der Waals surface area contributed by atoms with E-state index in [4.69, 9.17) is 26.0 Å². The van der Waals surface area contributed by atoms with Crippen molar-refractivity contribution < 1.29 is 35.6 Å². The fourth-order valence-corrected chi connectivity index (χ4v) is 4.75. The molecule has 0 heteroatoms. The molecule has 0 heterocycles. The number of hydrogen-bond donors (Lipinski definition) is 0. The first-order valence-corrected chi connectivity index (χ1v) is 11.8. The summed E-state index contributed by atoms with van der Waals surface area (Å²) in [4.78, 5) is 0. The Balaban J connectivity index is 1.90. The maximum atomic E-state index is 9.96. The van der Waals surface area contributed by atoms with Gasteiger partial charge in [-0.25, -0.2) is 0 Å². The zero-order valence-electron chi connectivity index (χ0n) is 46.0. The molecule has 0 saturated heterocycles. The Bertz CT molecular complexity index is 3590. The quantitative estimate of drug-likeness (QED) is 0.157. The SMILES string of the molecule is [2H]c1c([2H])c([2H])c(-c2c([2H])c([2H])c3c(-c4c([2H])c([2H])c([2H])c([2H])c4[2H])c4c([2H])c([2H])c([2H])c([2H])c4c(-c4c([2H])c5c([2H])c([2H])c([2H])c([2H])c5c5c([2H])c([2H])c([2H])c([2H])c45)c3c2[2H])c([2H])c1[2H]. The van der Waals surface area contributed by atoms with Crippen LogP contribution in [-0.4, -0.2) is 0 Å². The molecule has 0 unspecified atom stereocenters. The second kappa shape index (κ2) is 9.22. The van der Waals surface area contributed by atoms with Gasteiger partial charge in [-0.05, 0) is 88.6 Å². The topological polar surface area (TPSA) is 0 Å². The van der Waals surface area contributed by atoms with E-state index in [9.17, 15) is 9.60 Å². The van der Waals surface area contributed by atoms with Crippen molar-refractivity contribution in [1.82, 2.24) is 0 Å². The van der Waals surface area contributed by atoms with Gasteiger partial charge in [0.1, 0.15) is 0 Å². The molecule has 0 bridgehead atoms. The van der Waals surface area contributed by atoms with E-state index in [2.05, 4.69) is 0 Å². The van der Waals surface area contributed by atoms with Gasteiger partial charge >= 0.3 is 0 Å². The fourth-order valence-electron chi connectivity index (χ4n) is 4.75. The summed E-state index contributed by atoms with van der Waals surface area (Å²) in [5, 5.41) is -5.65. The van der Waals surface area contributed by atoms with E-state index in [1.54, 1.807) is 0 Å². The molecule has 8 aromatic rings. The molecule has 0 spiro atoms. The normalized spacial score (nSPS) is 20.6. The lowest BCUT2D eigenvalue weighted by Gasteiger charge is -2.20. The highest BCUT2D eigenvalue weighted by molar-refractivity contribution is 6.26. The van der Waals surface area contributed by atoms with E-state index in [0.717, 1.165) is 0 Å². The molecule has 0 aliphatic heterocycles. The van der Waals surface area contributed by atoms with E-state index < -0.39 is 234 Å². The zero-order chi connectivity index (χ0) is 49.1. The molecule has 8 rings (SSSR count). The van der Waals surface area contributed by atoms with Crippen LogP contribution in [0.3, 0.4) is 0 Å². The molecule has 0 aromatic heterocycles. The third-order valence-corrected chi connectivity index (χ3v) is 6.38. The van der Waals surface area contributed by atoms with Crippen LogP contribution in [0, 0.1) is 0 Å². The summed E-state index contributed by atoms with van der Waals surface area (Å²) in [6.45, 7) is 0. The molecule has 186 valence electrons. The average molecular weight is 533 g/mol. The zero-order valence-corrected chi connectivity index (χ0v) is 20.0. The third kappa shape index (κ3) is 3.54. The van der Waals surface area contributed by atoms with E-state index >= 15 is 0 Å². The van der Waals surface area contributed by atoms with Crippen LogP contribution in [0.2, 0.25) is 0 Å². The summed E-state index contributed by atoms with van der Waals surface area (Å²) in [6.07, 6.45) is 0. The number of benzene rings is 8. The molecule has 0 atom stereocenters. The van der Waals surface area contributed by atoms with E-state index in [1.165, 1.54) is 0 Å². The molecule has 8 aromatic carbocycles. The van der Waals surface area contributed by atoms with Gasteiger partial charge in [-0.2, -0.15) is 0 Å². The van der Waals surface area contributed by atoms with E-state index in [0.29, 0.717) is 0 Å². The van der Waals surface area contributed by atoms with Crippen molar-refractivity contribution in [1.29, 1.82) is 0 Å². The first kappa shape index (κ1) is 8.65. The number of rotatable bonds is 3. The summed E-state index contributed by atoms with van der Waals surface area (Å²) in [7, 11) is 0. The van der Waals surface area contributed by atoms with Crippen molar-refractivity contribution in [2.45, 2.75) is 0 Å². The Morgan fingerprint density at radius 2 is 0.825 bits per heavy atom. The molecule has 0 amide bonds. The first-order chi connectivity index (χ1) is 30.7. The first-order valence-electron chi connectivity index (χ1n) is 24.8. The molecule has 40 heavy (non-hydrogen) atoms. The highest BCUT2D eigenvalue weighted by atomic mass is 14.2. The Labute approximate surface area is 270 Å². The van der Waals surface area contributed by atoms with Gasteiger partial charge in [0.2, 0.25) is 0 Å². The summed E-state index contributed by atoms with van der Waals surface area (Å²) in [5.41, 5.74) is -4.78. The van der Waals surface area contributed by atoms with Crippen LogP contribution in [0.25, 0.3) is 76.5 Å². The molecular formula is C40H26. The van der Waals surface area contributed by atoms with Crippen molar-refractivity contribution in [2.24, 2.45) is 0 Å². The van der Waals surface area contributed by atoms with Crippen LogP contribution in [0.15, 0.2) is 157 Å². The van der Waals surface area contributed by atoms with Gasteiger partial charge in [0, 0.05) is 0 Å².